The highest BCUT2D eigenvalue weighted by Gasteiger charge is 2.28. The van der Waals surface area contributed by atoms with Crippen molar-refractivity contribution in [3.8, 4) is 0 Å². The van der Waals surface area contributed by atoms with Crippen molar-refractivity contribution in [1.29, 1.82) is 0 Å². The number of fused-ring (bicyclic) bond motifs is 1. The van der Waals surface area contributed by atoms with Gasteiger partial charge >= 0.3 is 0 Å². The van der Waals surface area contributed by atoms with Gasteiger partial charge in [-0.1, -0.05) is 29.8 Å². The van der Waals surface area contributed by atoms with Gasteiger partial charge in [0.15, 0.2) is 0 Å². The first-order valence-corrected chi connectivity index (χ1v) is 10.3. The van der Waals surface area contributed by atoms with Gasteiger partial charge in [0.2, 0.25) is 5.91 Å². The predicted molar refractivity (Wildman–Crippen MR) is 111 cm³/mol. The summed E-state index contributed by atoms with van der Waals surface area (Å²) in [6.45, 7) is 3.12. The number of carbonyl (C=O) groups is 2. The van der Waals surface area contributed by atoms with E-state index < -0.39 is 5.82 Å². The second-order valence-corrected chi connectivity index (χ2v) is 7.91. The summed E-state index contributed by atoms with van der Waals surface area (Å²) >= 11 is 5.90. The summed E-state index contributed by atoms with van der Waals surface area (Å²) < 4.78 is 14.0. The Morgan fingerprint density at radius 1 is 1.00 bits per heavy atom. The Morgan fingerprint density at radius 2 is 1.76 bits per heavy atom. The number of carbonyl (C=O) groups excluding carboxylic acids is 2. The Balaban J connectivity index is 1.35. The van der Waals surface area contributed by atoms with Crippen LogP contribution < -0.4 is 4.90 Å². The van der Waals surface area contributed by atoms with Gasteiger partial charge in [0, 0.05) is 43.4 Å². The summed E-state index contributed by atoms with van der Waals surface area (Å²) in [5.74, 6) is -0.848. The molecule has 2 aromatic carbocycles. The minimum absolute atomic E-state index is 0.00745. The Bertz CT molecular complexity index is 928. The zero-order chi connectivity index (χ0) is 20.4. The van der Waals surface area contributed by atoms with Crippen LogP contribution in [0.5, 0.6) is 0 Å². The molecule has 152 valence electrons. The van der Waals surface area contributed by atoms with Crippen LogP contribution in [0.25, 0.3) is 0 Å². The molecule has 7 heteroatoms. The topological polar surface area (TPSA) is 43.9 Å². The number of hydrogen-bond acceptors (Lipinski definition) is 3. The SMILES string of the molecule is O=C(c1cc(Cl)ccc1F)N1CCN(CC(=O)N2CCCc3ccccc32)CC1. The summed E-state index contributed by atoms with van der Waals surface area (Å²) in [5, 5.41) is 0.334. The third-order valence-electron chi connectivity index (χ3n) is 5.59. The van der Waals surface area contributed by atoms with E-state index in [-0.39, 0.29) is 17.4 Å². The van der Waals surface area contributed by atoms with Crippen molar-refractivity contribution in [1.82, 2.24) is 9.80 Å². The van der Waals surface area contributed by atoms with Gasteiger partial charge in [-0.25, -0.2) is 4.39 Å². The Labute approximate surface area is 174 Å². The van der Waals surface area contributed by atoms with Crippen molar-refractivity contribution in [2.45, 2.75) is 12.8 Å². The summed E-state index contributed by atoms with van der Waals surface area (Å²) in [5.41, 5.74) is 2.21. The molecule has 0 unspecified atom stereocenters. The molecule has 0 saturated carbocycles. The van der Waals surface area contributed by atoms with Crippen molar-refractivity contribution in [3.63, 3.8) is 0 Å². The number of amides is 2. The number of halogens is 2. The lowest BCUT2D eigenvalue weighted by molar-refractivity contribution is -0.120. The maximum Gasteiger partial charge on any atom is 0.256 e. The van der Waals surface area contributed by atoms with Crippen LogP contribution in [0.15, 0.2) is 42.5 Å². The Morgan fingerprint density at radius 3 is 2.55 bits per heavy atom. The molecule has 0 spiro atoms. The molecular weight excluding hydrogens is 393 g/mol. The van der Waals surface area contributed by atoms with Crippen LogP contribution in [0.1, 0.15) is 22.3 Å². The van der Waals surface area contributed by atoms with Crippen LogP contribution in [0, 0.1) is 5.82 Å². The van der Waals surface area contributed by atoms with Crippen molar-refractivity contribution in [3.05, 3.63) is 64.4 Å². The van der Waals surface area contributed by atoms with Gasteiger partial charge in [0.05, 0.1) is 12.1 Å². The Kier molecular flexibility index (Phi) is 5.83. The summed E-state index contributed by atoms with van der Waals surface area (Å²) in [7, 11) is 0. The fourth-order valence-corrected chi connectivity index (χ4v) is 4.18. The lowest BCUT2D eigenvalue weighted by Crippen LogP contribution is -2.52. The van der Waals surface area contributed by atoms with Gasteiger partial charge in [-0.05, 0) is 42.7 Å². The fourth-order valence-electron chi connectivity index (χ4n) is 4.01. The van der Waals surface area contributed by atoms with E-state index in [1.54, 1.807) is 4.90 Å². The second-order valence-electron chi connectivity index (χ2n) is 7.47. The minimum Gasteiger partial charge on any atom is -0.336 e. The van der Waals surface area contributed by atoms with Crippen LogP contribution in [0.4, 0.5) is 10.1 Å². The van der Waals surface area contributed by atoms with Crippen LogP contribution in [0.2, 0.25) is 5.02 Å². The molecule has 0 atom stereocenters. The van der Waals surface area contributed by atoms with Gasteiger partial charge in [-0.3, -0.25) is 14.5 Å². The predicted octanol–water partition coefficient (Wildman–Crippen LogP) is 3.22. The standard InChI is InChI=1S/C22H23ClFN3O2/c23-17-7-8-19(24)18(14-17)22(29)26-12-10-25(11-13-26)15-21(28)27-9-3-5-16-4-1-2-6-20(16)27/h1-2,4,6-8,14H,3,5,9-13,15H2. The first kappa shape index (κ1) is 19.9. The summed E-state index contributed by atoms with van der Waals surface area (Å²) in [6, 6.07) is 12.0. The molecule has 2 aromatic rings. The lowest BCUT2D eigenvalue weighted by Gasteiger charge is -2.36. The number of anilines is 1. The van der Waals surface area contributed by atoms with Gasteiger partial charge in [0.1, 0.15) is 5.82 Å². The van der Waals surface area contributed by atoms with E-state index in [1.807, 2.05) is 23.1 Å². The van der Waals surface area contributed by atoms with E-state index in [1.165, 1.54) is 23.8 Å². The number of aryl methyl sites for hydroxylation is 1. The third-order valence-corrected chi connectivity index (χ3v) is 5.82. The van der Waals surface area contributed by atoms with E-state index in [0.717, 1.165) is 25.1 Å². The number of para-hydroxylation sites is 1. The fraction of sp³-hybridized carbons (Fsp3) is 0.364. The molecule has 0 bridgehead atoms. The minimum atomic E-state index is -0.569. The largest absolute Gasteiger partial charge is 0.336 e. The number of hydrogen-bond donors (Lipinski definition) is 0. The van der Waals surface area contributed by atoms with Crippen molar-refractivity contribution in [2.75, 3.05) is 44.2 Å². The van der Waals surface area contributed by atoms with E-state index >= 15 is 0 Å². The molecule has 2 amide bonds. The van der Waals surface area contributed by atoms with Crippen LogP contribution in [-0.2, 0) is 11.2 Å². The average molecular weight is 416 g/mol. The van der Waals surface area contributed by atoms with Gasteiger partial charge in [0.25, 0.3) is 5.91 Å². The van der Waals surface area contributed by atoms with Crippen LogP contribution >= 0.6 is 11.6 Å². The van der Waals surface area contributed by atoms with Gasteiger partial charge in [-0.15, -0.1) is 0 Å². The van der Waals surface area contributed by atoms with Crippen LogP contribution in [-0.4, -0.2) is 60.9 Å². The molecule has 1 saturated heterocycles. The quantitative estimate of drug-likeness (QED) is 0.773. The smallest absolute Gasteiger partial charge is 0.256 e. The molecule has 4 rings (SSSR count). The van der Waals surface area contributed by atoms with E-state index in [4.69, 9.17) is 11.6 Å². The lowest BCUT2D eigenvalue weighted by atomic mass is 10.0. The van der Waals surface area contributed by atoms with Crippen LogP contribution in [0.3, 0.4) is 0 Å². The molecule has 0 radical (unpaired) electrons. The average Bonchev–Trinajstić information content (AvgIpc) is 2.75. The molecule has 29 heavy (non-hydrogen) atoms. The number of benzene rings is 2. The third kappa shape index (κ3) is 4.28. The van der Waals surface area contributed by atoms with Gasteiger partial charge in [-0.2, -0.15) is 0 Å². The van der Waals surface area contributed by atoms with E-state index in [9.17, 15) is 14.0 Å². The number of nitrogens with zero attached hydrogens (tertiary/aromatic N) is 3. The molecular formula is C22H23ClFN3O2. The van der Waals surface area contributed by atoms with Crippen molar-refractivity contribution in [2.24, 2.45) is 0 Å². The second kappa shape index (κ2) is 8.51. The summed E-state index contributed by atoms with van der Waals surface area (Å²) in [4.78, 5) is 31.1. The molecule has 2 aliphatic rings. The van der Waals surface area contributed by atoms with E-state index in [0.29, 0.717) is 37.7 Å². The highest BCUT2D eigenvalue weighted by molar-refractivity contribution is 6.31. The van der Waals surface area contributed by atoms with Crippen molar-refractivity contribution < 1.29 is 14.0 Å². The first-order valence-electron chi connectivity index (χ1n) is 9.88. The van der Waals surface area contributed by atoms with E-state index in [2.05, 4.69) is 11.0 Å². The molecule has 0 aromatic heterocycles. The number of piperazine rings is 1. The maximum absolute atomic E-state index is 14.0. The summed E-state index contributed by atoms with van der Waals surface area (Å²) in [6.07, 6.45) is 1.97. The molecule has 5 nitrogen and oxygen atoms in total. The highest BCUT2D eigenvalue weighted by atomic mass is 35.5. The zero-order valence-corrected chi connectivity index (χ0v) is 16.9. The monoisotopic (exact) mass is 415 g/mol. The highest BCUT2D eigenvalue weighted by Crippen LogP contribution is 2.27. The first-order chi connectivity index (χ1) is 14.0. The normalized spacial score (nSPS) is 17.2. The Hall–Kier alpha value is -2.44. The number of rotatable bonds is 3. The molecule has 2 heterocycles. The molecule has 2 aliphatic heterocycles. The van der Waals surface area contributed by atoms with Crippen molar-refractivity contribution >= 4 is 29.1 Å². The zero-order valence-electron chi connectivity index (χ0n) is 16.1. The van der Waals surface area contributed by atoms with Gasteiger partial charge < -0.3 is 9.80 Å². The molecule has 0 aliphatic carbocycles. The molecule has 0 N–H and O–H groups in total. The maximum atomic E-state index is 14.0. The molecule has 1 fully saturated rings.